The molecule has 0 aliphatic carbocycles. The average Bonchev–Trinajstić information content (AvgIpc) is 3.20. The van der Waals surface area contributed by atoms with Gasteiger partial charge in [-0.1, -0.05) is 63.9 Å². The number of hydrazone groups is 1. The summed E-state index contributed by atoms with van der Waals surface area (Å²) in [6.07, 6.45) is 1.35. The van der Waals surface area contributed by atoms with Gasteiger partial charge in [-0.05, 0) is 36.4 Å². The Morgan fingerprint density at radius 2 is 1.80 bits per heavy atom. The smallest absolute Gasteiger partial charge is 0.355 e. The van der Waals surface area contributed by atoms with Crippen molar-refractivity contribution in [1.29, 1.82) is 0 Å². The van der Waals surface area contributed by atoms with Crippen LogP contribution in [-0.2, 0) is 4.79 Å². The number of carbonyl (C=O) groups is 3. The zero-order chi connectivity index (χ0) is 24.8. The normalized spacial score (nSPS) is 10.9. The van der Waals surface area contributed by atoms with Crippen LogP contribution in [0.15, 0.2) is 82.4 Å². The number of para-hydroxylation sites is 1. The molecule has 2 N–H and O–H groups in total. The number of thiophene rings is 1. The average molecular weight is 571 g/mol. The molecule has 1 aromatic heterocycles. The van der Waals surface area contributed by atoms with Crippen LogP contribution < -0.4 is 15.5 Å². The molecule has 0 aliphatic heterocycles. The van der Waals surface area contributed by atoms with E-state index in [2.05, 4.69) is 31.8 Å². The summed E-state index contributed by atoms with van der Waals surface area (Å²) >= 11 is 10.9. The van der Waals surface area contributed by atoms with E-state index < -0.39 is 11.9 Å². The van der Waals surface area contributed by atoms with Crippen molar-refractivity contribution in [1.82, 2.24) is 10.7 Å². The van der Waals surface area contributed by atoms with Crippen molar-refractivity contribution in [2.24, 2.45) is 5.10 Å². The molecular formula is C25H17BrClN3O4S. The Labute approximate surface area is 217 Å². The standard InChI is InChI=1S/C25H17BrClN3O4S/c26-17-8-5-7-15(12-17)24(32)28-14-21(31)30-29-13-16-6-1-3-10-19(16)34-25(33)23-22(27)18-9-2-4-11-20(18)35-23/h1-13H,14H2,(H,28,32)(H,30,31). The van der Waals surface area contributed by atoms with Crippen LogP contribution in [-0.4, -0.2) is 30.5 Å². The van der Waals surface area contributed by atoms with Crippen molar-refractivity contribution in [3.05, 3.63) is 98.3 Å². The SMILES string of the molecule is O=C(CNC(=O)c1cccc(Br)c1)NN=Cc1ccccc1OC(=O)c1sc2ccccc2c1Cl. The lowest BCUT2D eigenvalue weighted by atomic mass is 10.2. The fraction of sp³-hybridized carbons (Fsp3) is 0.0400. The predicted octanol–water partition coefficient (Wildman–Crippen LogP) is 5.42. The Hall–Kier alpha value is -3.53. The summed E-state index contributed by atoms with van der Waals surface area (Å²) in [6.45, 7) is -0.260. The quantitative estimate of drug-likeness (QED) is 0.134. The minimum absolute atomic E-state index is 0.256. The van der Waals surface area contributed by atoms with Crippen molar-refractivity contribution in [2.45, 2.75) is 0 Å². The van der Waals surface area contributed by atoms with Crippen LogP contribution in [0.2, 0.25) is 5.02 Å². The Morgan fingerprint density at radius 1 is 1.03 bits per heavy atom. The topological polar surface area (TPSA) is 96.9 Å². The molecule has 7 nitrogen and oxygen atoms in total. The third-order valence-corrected chi connectivity index (χ3v) is 6.88. The number of fused-ring (bicyclic) bond motifs is 1. The molecule has 0 aliphatic rings. The minimum Gasteiger partial charge on any atom is -0.422 e. The number of esters is 1. The van der Waals surface area contributed by atoms with Crippen LogP contribution in [0.1, 0.15) is 25.6 Å². The van der Waals surface area contributed by atoms with Gasteiger partial charge in [0.1, 0.15) is 10.6 Å². The highest BCUT2D eigenvalue weighted by Gasteiger charge is 2.19. The van der Waals surface area contributed by atoms with Gasteiger partial charge in [0.15, 0.2) is 0 Å². The fourth-order valence-electron chi connectivity index (χ4n) is 3.08. The first kappa shape index (κ1) is 24.6. The summed E-state index contributed by atoms with van der Waals surface area (Å²) in [5, 5.41) is 7.56. The highest BCUT2D eigenvalue weighted by Crippen LogP contribution is 2.36. The molecular weight excluding hydrogens is 554 g/mol. The monoisotopic (exact) mass is 569 g/mol. The number of rotatable bonds is 7. The molecule has 0 saturated heterocycles. The molecule has 3 aromatic carbocycles. The second-order valence-corrected chi connectivity index (χ2v) is 9.50. The molecule has 0 fully saturated rings. The lowest BCUT2D eigenvalue weighted by molar-refractivity contribution is -0.120. The summed E-state index contributed by atoms with van der Waals surface area (Å²) < 4.78 is 7.20. The Bertz CT molecular complexity index is 1450. The molecule has 35 heavy (non-hydrogen) atoms. The van der Waals surface area contributed by atoms with Gasteiger partial charge in [0.05, 0.1) is 17.8 Å². The van der Waals surface area contributed by atoms with Gasteiger partial charge in [-0.2, -0.15) is 5.10 Å². The molecule has 0 bridgehead atoms. The van der Waals surface area contributed by atoms with Crippen LogP contribution in [0, 0.1) is 0 Å². The first-order valence-electron chi connectivity index (χ1n) is 10.3. The molecule has 10 heteroatoms. The lowest BCUT2D eigenvalue weighted by Crippen LogP contribution is -2.34. The lowest BCUT2D eigenvalue weighted by Gasteiger charge is -2.07. The zero-order valence-electron chi connectivity index (χ0n) is 18.0. The van der Waals surface area contributed by atoms with Crippen LogP contribution in [0.25, 0.3) is 10.1 Å². The second kappa shape index (κ2) is 11.3. The van der Waals surface area contributed by atoms with E-state index in [-0.39, 0.29) is 18.2 Å². The van der Waals surface area contributed by atoms with E-state index >= 15 is 0 Å². The third-order valence-electron chi connectivity index (χ3n) is 4.73. The molecule has 0 saturated carbocycles. The number of nitrogens with one attached hydrogen (secondary N) is 2. The predicted molar refractivity (Wildman–Crippen MR) is 140 cm³/mol. The van der Waals surface area contributed by atoms with E-state index in [4.69, 9.17) is 16.3 Å². The van der Waals surface area contributed by atoms with E-state index in [1.54, 1.807) is 48.5 Å². The Kier molecular flexibility index (Phi) is 7.91. The number of carbonyl (C=O) groups excluding carboxylic acids is 3. The van der Waals surface area contributed by atoms with Gasteiger partial charge in [0.25, 0.3) is 11.8 Å². The molecule has 4 aromatic rings. The third kappa shape index (κ3) is 6.13. The van der Waals surface area contributed by atoms with E-state index in [9.17, 15) is 14.4 Å². The van der Waals surface area contributed by atoms with Crippen molar-refractivity contribution >= 4 is 73.0 Å². The van der Waals surface area contributed by atoms with E-state index in [1.165, 1.54) is 17.6 Å². The molecule has 0 atom stereocenters. The molecule has 2 amide bonds. The van der Waals surface area contributed by atoms with Gasteiger partial charge in [0.2, 0.25) is 0 Å². The highest BCUT2D eigenvalue weighted by atomic mass is 79.9. The minimum atomic E-state index is -0.587. The largest absolute Gasteiger partial charge is 0.422 e. The van der Waals surface area contributed by atoms with E-state index in [0.29, 0.717) is 21.0 Å². The number of amides is 2. The number of halogens is 2. The van der Waals surface area contributed by atoms with E-state index in [1.807, 2.05) is 24.3 Å². The Morgan fingerprint density at radius 3 is 2.60 bits per heavy atom. The van der Waals surface area contributed by atoms with Crippen LogP contribution in [0.5, 0.6) is 5.75 Å². The number of benzene rings is 3. The molecule has 0 radical (unpaired) electrons. The van der Waals surface area contributed by atoms with Crippen molar-refractivity contribution in [3.63, 3.8) is 0 Å². The molecule has 0 spiro atoms. The summed E-state index contributed by atoms with van der Waals surface area (Å²) in [7, 11) is 0. The Balaban J connectivity index is 1.36. The summed E-state index contributed by atoms with van der Waals surface area (Å²) in [5.41, 5.74) is 3.23. The highest BCUT2D eigenvalue weighted by molar-refractivity contribution is 9.10. The zero-order valence-corrected chi connectivity index (χ0v) is 21.1. The number of hydrogen-bond acceptors (Lipinski definition) is 6. The first-order valence-corrected chi connectivity index (χ1v) is 12.2. The molecule has 0 unspecified atom stereocenters. The van der Waals surface area contributed by atoms with Crippen molar-refractivity contribution < 1.29 is 19.1 Å². The van der Waals surface area contributed by atoms with Crippen LogP contribution in [0.4, 0.5) is 0 Å². The van der Waals surface area contributed by atoms with Gasteiger partial charge >= 0.3 is 5.97 Å². The summed E-state index contributed by atoms with van der Waals surface area (Å²) in [4.78, 5) is 37.3. The van der Waals surface area contributed by atoms with Gasteiger partial charge in [0, 0.05) is 25.7 Å². The maximum absolute atomic E-state index is 12.8. The van der Waals surface area contributed by atoms with Crippen LogP contribution >= 0.6 is 38.9 Å². The van der Waals surface area contributed by atoms with Gasteiger partial charge in [-0.15, -0.1) is 11.3 Å². The number of hydrogen-bond donors (Lipinski definition) is 2. The molecule has 4 rings (SSSR count). The first-order chi connectivity index (χ1) is 16.9. The molecule has 176 valence electrons. The maximum atomic E-state index is 12.8. The summed E-state index contributed by atoms with van der Waals surface area (Å²) in [5.74, 6) is -1.23. The van der Waals surface area contributed by atoms with Gasteiger partial charge < -0.3 is 10.1 Å². The summed E-state index contributed by atoms with van der Waals surface area (Å²) in [6, 6.07) is 21.0. The van der Waals surface area contributed by atoms with Gasteiger partial charge in [-0.3, -0.25) is 9.59 Å². The number of nitrogens with zero attached hydrogens (tertiary/aromatic N) is 1. The van der Waals surface area contributed by atoms with Crippen molar-refractivity contribution in [2.75, 3.05) is 6.54 Å². The van der Waals surface area contributed by atoms with Gasteiger partial charge in [-0.25, -0.2) is 10.2 Å². The van der Waals surface area contributed by atoms with Crippen LogP contribution in [0.3, 0.4) is 0 Å². The number of ether oxygens (including phenoxy) is 1. The molecule has 1 heterocycles. The maximum Gasteiger partial charge on any atom is 0.355 e. The van der Waals surface area contributed by atoms with E-state index in [0.717, 1.165) is 14.6 Å². The fourth-order valence-corrected chi connectivity index (χ4v) is 4.86. The van der Waals surface area contributed by atoms with Crippen molar-refractivity contribution in [3.8, 4) is 5.75 Å². The second-order valence-electron chi connectivity index (χ2n) is 7.15.